The summed E-state index contributed by atoms with van der Waals surface area (Å²) in [5, 5.41) is 1.71. The van der Waals surface area contributed by atoms with Gasteiger partial charge in [0.1, 0.15) is 21.5 Å². The van der Waals surface area contributed by atoms with Crippen molar-refractivity contribution >= 4 is 28.1 Å². The molecule has 0 atom stereocenters. The summed E-state index contributed by atoms with van der Waals surface area (Å²) in [6.45, 7) is 1.38. The Balaban J connectivity index is 1.29. The lowest BCUT2D eigenvalue weighted by Crippen LogP contribution is -2.37. The monoisotopic (exact) mass is 435 g/mol. The molecular formula is C24H22FN3O2S. The molecule has 5 rings (SSSR count). The largest absolute Gasteiger partial charge is 0.497 e. The van der Waals surface area contributed by atoms with Crippen molar-refractivity contribution in [3.8, 4) is 16.3 Å². The van der Waals surface area contributed by atoms with E-state index in [1.165, 1.54) is 28.4 Å². The van der Waals surface area contributed by atoms with Gasteiger partial charge in [0.25, 0.3) is 5.91 Å². The van der Waals surface area contributed by atoms with Crippen LogP contribution in [0.3, 0.4) is 0 Å². The summed E-state index contributed by atoms with van der Waals surface area (Å²) in [6.07, 6.45) is 5.44. The number of piperidine rings is 1. The smallest absolute Gasteiger partial charge is 0.265 e. The molecule has 0 saturated carbocycles. The minimum absolute atomic E-state index is 0.0286. The number of rotatable bonds is 4. The number of hydrogen-bond acceptors (Lipinski definition) is 4. The number of nitrogens with one attached hydrogen (secondary N) is 1. The zero-order valence-corrected chi connectivity index (χ0v) is 17.9. The zero-order chi connectivity index (χ0) is 21.4. The van der Waals surface area contributed by atoms with Crippen molar-refractivity contribution in [2.24, 2.45) is 0 Å². The van der Waals surface area contributed by atoms with Gasteiger partial charge in [-0.25, -0.2) is 9.37 Å². The quantitative estimate of drug-likeness (QED) is 0.463. The Bertz CT molecular complexity index is 1240. The molecule has 0 radical (unpaired) electrons. The van der Waals surface area contributed by atoms with E-state index in [4.69, 9.17) is 4.74 Å². The Hall–Kier alpha value is -3.19. The fourth-order valence-electron chi connectivity index (χ4n) is 4.27. The molecule has 158 valence electrons. The molecule has 0 bridgehead atoms. The van der Waals surface area contributed by atoms with Gasteiger partial charge in [0, 0.05) is 35.8 Å². The Kier molecular flexibility index (Phi) is 5.19. The first kappa shape index (κ1) is 19.8. The van der Waals surface area contributed by atoms with E-state index in [-0.39, 0.29) is 11.7 Å². The van der Waals surface area contributed by atoms with E-state index in [1.54, 1.807) is 31.5 Å². The molecule has 7 heteroatoms. The van der Waals surface area contributed by atoms with E-state index in [1.807, 2.05) is 17.0 Å². The molecule has 4 aromatic rings. The maximum atomic E-state index is 14.0. The van der Waals surface area contributed by atoms with Crippen LogP contribution in [0.15, 0.2) is 54.9 Å². The second-order valence-corrected chi connectivity index (χ2v) is 8.76. The summed E-state index contributed by atoms with van der Waals surface area (Å²) >= 11 is 1.25. The standard InChI is InChI=1S/C24H22FN3O2S/c1-30-16-6-7-21-18(12-16)19(13-26-21)15-8-10-28(11-9-15)24(29)22-14-27-23(31-22)17-4-2-3-5-20(17)25/h2-7,12-15,26H,8-11H2,1H3. The maximum absolute atomic E-state index is 14.0. The van der Waals surface area contributed by atoms with Crippen molar-refractivity contribution in [1.82, 2.24) is 14.9 Å². The van der Waals surface area contributed by atoms with Crippen molar-refractivity contribution < 1.29 is 13.9 Å². The van der Waals surface area contributed by atoms with Crippen LogP contribution in [-0.2, 0) is 0 Å². The van der Waals surface area contributed by atoms with Crippen molar-refractivity contribution in [2.45, 2.75) is 18.8 Å². The first-order chi connectivity index (χ1) is 15.1. The van der Waals surface area contributed by atoms with Crippen molar-refractivity contribution in [3.63, 3.8) is 0 Å². The molecule has 2 aromatic heterocycles. The number of aromatic amines is 1. The van der Waals surface area contributed by atoms with Crippen LogP contribution in [0.5, 0.6) is 5.75 Å². The molecule has 1 N–H and O–H groups in total. The Morgan fingerprint density at radius 2 is 2.03 bits per heavy atom. The number of benzene rings is 2. The predicted molar refractivity (Wildman–Crippen MR) is 120 cm³/mol. The van der Waals surface area contributed by atoms with Crippen LogP contribution in [0, 0.1) is 5.82 Å². The van der Waals surface area contributed by atoms with Gasteiger partial charge in [0.2, 0.25) is 0 Å². The van der Waals surface area contributed by atoms with Gasteiger partial charge in [0.15, 0.2) is 0 Å². The SMILES string of the molecule is COc1ccc2[nH]cc(C3CCN(C(=O)c4cnc(-c5ccccc5F)s4)CC3)c2c1. The third-order valence-corrected chi connectivity index (χ3v) is 6.98. The molecule has 0 spiro atoms. The summed E-state index contributed by atoms with van der Waals surface area (Å²) in [5.74, 6) is 0.878. The third-order valence-electron chi connectivity index (χ3n) is 5.96. The first-order valence-electron chi connectivity index (χ1n) is 10.3. The van der Waals surface area contributed by atoms with Gasteiger partial charge < -0.3 is 14.6 Å². The number of amides is 1. The molecule has 1 aliphatic heterocycles. The number of H-pyrrole nitrogens is 1. The van der Waals surface area contributed by atoms with Gasteiger partial charge >= 0.3 is 0 Å². The van der Waals surface area contributed by atoms with Gasteiger partial charge in [-0.1, -0.05) is 12.1 Å². The molecule has 3 heterocycles. The number of thiazole rings is 1. The third kappa shape index (κ3) is 3.70. The molecule has 0 aliphatic carbocycles. The summed E-state index contributed by atoms with van der Waals surface area (Å²) < 4.78 is 19.4. The number of nitrogens with zero attached hydrogens (tertiary/aromatic N) is 2. The molecule has 2 aromatic carbocycles. The number of aromatic nitrogens is 2. The van der Waals surface area contributed by atoms with Gasteiger partial charge in [-0.2, -0.15) is 0 Å². The maximum Gasteiger partial charge on any atom is 0.265 e. The molecule has 1 aliphatic rings. The van der Waals surface area contributed by atoms with Gasteiger partial charge in [0.05, 0.1) is 13.3 Å². The highest BCUT2D eigenvalue weighted by molar-refractivity contribution is 7.16. The van der Waals surface area contributed by atoms with Gasteiger partial charge in [-0.3, -0.25) is 4.79 Å². The lowest BCUT2D eigenvalue weighted by molar-refractivity contribution is 0.0718. The summed E-state index contributed by atoms with van der Waals surface area (Å²) in [7, 11) is 1.68. The van der Waals surface area contributed by atoms with Crippen molar-refractivity contribution in [1.29, 1.82) is 0 Å². The Morgan fingerprint density at radius 1 is 1.23 bits per heavy atom. The lowest BCUT2D eigenvalue weighted by Gasteiger charge is -2.31. The molecule has 1 amide bonds. The number of methoxy groups -OCH3 is 1. The lowest BCUT2D eigenvalue weighted by atomic mass is 9.89. The molecule has 1 saturated heterocycles. The van der Waals surface area contributed by atoms with Crippen LogP contribution >= 0.6 is 11.3 Å². The molecule has 31 heavy (non-hydrogen) atoms. The van der Waals surface area contributed by atoms with Crippen LogP contribution in [0.2, 0.25) is 0 Å². The minimum atomic E-state index is -0.327. The summed E-state index contributed by atoms with van der Waals surface area (Å²) in [6, 6.07) is 12.6. The number of ether oxygens (including phenoxy) is 1. The topological polar surface area (TPSA) is 58.2 Å². The number of likely N-dealkylation sites (tertiary alicyclic amines) is 1. The predicted octanol–water partition coefficient (Wildman–Crippen LogP) is 5.46. The van der Waals surface area contributed by atoms with E-state index in [2.05, 4.69) is 22.2 Å². The average Bonchev–Trinajstić information content (AvgIpc) is 3.46. The average molecular weight is 436 g/mol. The van der Waals surface area contributed by atoms with Crippen LogP contribution in [0.25, 0.3) is 21.5 Å². The molecule has 5 nitrogen and oxygen atoms in total. The number of carbonyl (C=O) groups is 1. The highest BCUT2D eigenvalue weighted by Crippen LogP contribution is 2.35. The summed E-state index contributed by atoms with van der Waals surface area (Å²) in [4.78, 5) is 23.1. The Morgan fingerprint density at radius 3 is 2.81 bits per heavy atom. The summed E-state index contributed by atoms with van der Waals surface area (Å²) in [5.41, 5.74) is 2.81. The fourth-order valence-corrected chi connectivity index (χ4v) is 5.18. The first-order valence-corrected chi connectivity index (χ1v) is 11.1. The number of halogens is 1. The van der Waals surface area contributed by atoms with Crippen molar-refractivity contribution in [3.05, 3.63) is 71.1 Å². The fraction of sp³-hybridized carbons (Fsp3) is 0.250. The van der Waals surface area contributed by atoms with E-state index >= 15 is 0 Å². The van der Waals surface area contributed by atoms with Crippen LogP contribution in [-0.4, -0.2) is 41.0 Å². The van der Waals surface area contributed by atoms with E-state index in [0.717, 1.165) is 24.1 Å². The van der Waals surface area contributed by atoms with E-state index in [9.17, 15) is 9.18 Å². The number of hydrogen-bond donors (Lipinski definition) is 1. The molecule has 0 unspecified atom stereocenters. The second-order valence-electron chi connectivity index (χ2n) is 7.73. The highest BCUT2D eigenvalue weighted by Gasteiger charge is 2.27. The number of carbonyl (C=O) groups excluding carboxylic acids is 1. The van der Waals surface area contributed by atoms with E-state index in [0.29, 0.717) is 34.5 Å². The highest BCUT2D eigenvalue weighted by atomic mass is 32.1. The van der Waals surface area contributed by atoms with Crippen molar-refractivity contribution in [2.75, 3.05) is 20.2 Å². The molecular weight excluding hydrogens is 413 g/mol. The zero-order valence-electron chi connectivity index (χ0n) is 17.1. The molecule has 1 fully saturated rings. The Labute approximate surface area is 183 Å². The van der Waals surface area contributed by atoms with Crippen LogP contribution < -0.4 is 4.74 Å². The second kappa shape index (κ2) is 8.15. The van der Waals surface area contributed by atoms with Crippen LogP contribution in [0.1, 0.15) is 34.0 Å². The van der Waals surface area contributed by atoms with Crippen LogP contribution in [0.4, 0.5) is 4.39 Å². The van der Waals surface area contributed by atoms with Gasteiger partial charge in [-0.15, -0.1) is 11.3 Å². The van der Waals surface area contributed by atoms with Gasteiger partial charge in [-0.05, 0) is 54.7 Å². The number of fused-ring (bicyclic) bond motifs is 1. The minimum Gasteiger partial charge on any atom is -0.497 e. The normalized spacial score (nSPS) is 14.8. The van der Waals surface area contributed by atoms with E-state index < -0.39 is 0 Å².